The zero-order chi connectivity index (χ0) is 13.5. The van der Waals surface area contributed by atoms with Crippen LogP contribution in [-0.2, 0) is 0 Å². The van der Waals surface area contributed by atoms with Gasteiger partial charge in [0.1, 0.15) is 5.75 Å². The Balaban J connectivity index is 2.85. The first-order chi connectivity index (χ1) is 8.62. The zero-order valence-corrected chi connectivity index (χ0v) is 11.8. The van der Waals surface area contributed by atoms with E-state index in [1.807, 2.05) is 6.26 Å². The first-order valence-electron chi connectivity index (χ1n) is 5.85. The molecule has 100 valence electrons. The first kappa shape index (κ1) is 14.7. The molecular weight excluding hydrogens is 248 g/mol. The van der Waals surface area contributed by atoms with Crippen molar-refractivity contribution in [2.24, 2.45) is 0 Å². The van der Waals surface area contributed by atoms with Gasteiger partial charge in [-0.1, -0.05) is 6.92 Å². The van der Waals surface area contributed by atoms with Gasteiger partial charge >= 0.3 is 0 Å². The summed E-state index contributed by atoms with van der Waals surface area (Å²) in [7, 11) is 1.54. The van der Waals surface area contributed by atoms with Crippen LogP contribution in [0.25, 0.3) is 0 Å². The molecule has 0 aliphatic rings. The lowest BCUT2D eigenvalue weighted by molar-refractivity contribution is 0.0937. The van der Waals surface area contributed by atoms with Crippen molar-refractivity contribution < 1.29 is 9.53 Å². The Morgan fingerprint density at radius 3 is 2.83 bits per heavy atom. The van der Waals surface area contributed by atoms with Crippen LogP contribution in [0.2, 0.25) is 0 Å². The Bertz CT molecular complexity index is 410. The molecule has 1 atom stereocenters. The quantitative estimate of drug-likeness (QED) is 0.776. The third kappa shape index (κ3) is 3.84. The number of rotatable bonds is 6. The minimum Gasteiger partial charge on any atom is -0.496 e. The van der Waals surface area contributed by atoms with Crippen molar-refractivity contribution >= 4 is 23.4 Å². The minimum atomic E-state index is -0.139. The topological polar surface area (TPSA) is 64.4 Å². The summed E-state index contributed by atoms with van der Waals surface area (Å²) in [4.78, 5) is 12.2. The monoisotopic (exact) mass is 268 g/mol. The number of carbonyl (C=O) groups is 1. The predicted molar refractivity (Wildman–Crippen MR) is 77.3 cm³/mol. The lowest BCUT2D eigenvalue weighted by Gasteiger charge is -2.17. The lowest BCUT2D eigenvalue weighted by atomic mass is 10.1. The van der Waals surface area contributed by atoms with Gasteiger partial charge in [0.05, 0.1) is 12.7 Å². The second kappa shape index (κ2) is 7.16. The van der Waals surface area contributed by atoms with Gasteiger partial charge in [-0.05, 0) is 30.9 Å². The second-order valence-electron chi connectivity index (χ2n) is 3.99. The van der Waals surface area contributed by atoms with E-state index in [-0.39, 0.29) is 11.9 Å². The number of thioether (sulfide) groups is 1. The maximum absolute atomic E-state index is 12.2. The molecule has 1 aromatic rings. The summed E-state index contributed by atoms with van der Waals surface area (Å²) in [6.45, 7) is 2.05. The van der Waals surface area contributed by atoms with Crippen LogP contribution in [0.15, 0.2) is 18.2 Å². The third-order valence-corrected chi connectivity index (χ3v) is 3.40. The largest absolute Gasteiger partial charge is 0.496 e. The number of nitrogens with one attached hydrogen (secondary N) is 1. The molecule has 1 amide bonds. The maximum Gasteiger partial charge on any atom is 0.255 e. The van der Waals surface area contributed by atoms with Gasteiger partial charge in [-0.25, -0.2) is 0 Å². The highest BCUT2D eigenvalue weighted by Crippen LogP contribution is 2.21. The molecule has 1 unspecified atom stereocenters. The van der Waals surface area contributed by atoms with Crippen LogP contribution in [-0.4, -0.2) is 31.1 Å². The summed E-state index contributed by atoms with van der Waals surface area (Å²) >= 11 is 1.71. The van der Waals surface area contributed by atoms with Gasteiger partial charge in [0.25, 0.3) is 5.91 Å². The van der Waals surface area contributed by atoms with Gasteiger partial charge in [-0.15, -0.1) is 0 Å². The molecule has 5 heteroatoms. The molecule has 1 aromatic carbocycles. The fourth-order valence-corrected chi connectivity index (χ4v) is 2.35. The smallest absolute Gasteiger partial charge is 0.255 e. The molecule has 4 nitrogen and oxygen atoms in total. The van der Waals surface area contributed by atoms with Crippen molar-refractivity contribution in [2.45, 2.75) is 19.4 Å². The van der Waals surface area contributed by atoms with Crippen molar-refractivity contribution in [3.05, 3.63) is 23.8 Å². The second-order valence-corrected chi connectivity index (χ2v) is 4.90. The molecule has 0 aromatic heterocycles. The van der Waals surface area contributed by atoms with E-state index < -0.39 is 0 Å². The number of carbonyl (C=O) groups excluding carboxylic acids is 1. The number of anilines is 1. The van der Waals surface area contributed by atoms with Crippen molar-refractivity contribution in [1.29, 1.82) is 0 Å². The van der Waals surface area contributed by atoms with Crippen LogP contribution in [0.1, 0.15) is 23.7 Å². The van der Waals surface area contributed by atoms with Crippen LogP contribution >= 0.6 is 11.8 Å². The highest BCUT2D eigenvalue weighted by Gasteiger charge is 2.16. The van der Waals surface area contributed by atoms with Crippen LogP contribution in [0.3, 0.4) is 0 Å². The highest BCUT2D eigenvalue weighted by atomic mass is 32.2. The molecule has 0 heterocycles. The molecule has 0 saturated carbocycles. The van der Waals surface area contributed by atoms with Crippen LogP contribution < -0.4 is 15.8 Å². The number of ether oxygens (including phenoxy) is 1. The van der Waals surface area contributed by atoms with Gasteiger partial charge in [0, 0.05) is 17.5 Å². The average molecular weight is 268 g/mol. The van der Waals surface area contributed by atoms with E-state index >= 15 is 0 Å². The first-order valence-corrected chi connectivity index (χ1v) is 7.25. The summed E-state index contributed by atoms with van der Waals surface area (Å²) in [6, 6.07) is 5.23. The summed E-state index contributed by atoms with van der Waals surface area (Å²) in [5, 5.41) is 2.99. The molecule has 0 radical (unpaired) electrons. The van der Waals surface area contributed by atoms with Gasteiger partial charge in [-0.2, -0.15) is 11.8 Å². The molecule has 0 aliphatic heterocycles. The number of benzene rings is 1. The van der Waals surface area contributed by atoms with Gasteiger partial charge < -0.3 is 15.8 Å². The summed E-state index contributed by atoms with van der Waals surface area (Å²) in [5.74, 6) is 1.30. The van der Waals surface area contributed by atoms with E-state index in [0.29, 0.717) is 17.0 Å². The number of hydrogen-bond acceptors (Lipinski definition) is 4. The van der Waals surface area contributed by atoms with Crippen LogP contribution in [0.4, 0.5) is 5.69 Å². The fourth-order valence-electron chi connectivity index (χ4n) is 1.63. The van der Waals surface area contributed by atoms with E-state index in [1.54, 1.807) is 37.1 Å². The molecule has 18 heavy (non-hydrogen) atoms. The zero-order valence-electron chi connectivity index (χ0n) is 11.0. The van der Waals surface area contributed by atoms with Crippen molar-refractivity contribution in [1.82, 2.24) is 5.32 Å². The fraction of sp³-hybridized carbons (Fsp3) is 0.462. The molecule has 0 aliphatic carbocycles. The summed E-state index contributed by atoms with van der Waals surface area (Å²) in [6.07, 6.45) is 2.92. The third-order valence-electron chi connectivity index (χ3n) is 2.66. The Morgan fingerprint density at radius 1 is 1.56 bits per heavy atom. The minimum absolute atomic E-state index is 0.139. The van der Waals surface area contributed by atoms with Crippen LogP contribution in [0, 0.1) is 0 Å². The van der Waals surface area contributed by atoms with E-state index in [0.717, 1.165) is 12.2 Å². The van der Waals surface area contributed by atoms with Crippen LogP contribution in [0.5, 0.6) is 5.75 Å². The Kier molecular flexibility index (Phi) is 5.85. The molecule has 0 saturated heterocycles. The van der Waals surface area contributed by atoms with Gasteiger partial charge in [0.2, 0.25) is 0 Å². The Morgan fingerprint density at radius 2 is 2.28 bits per heavy atom. The number of amides is 1. The molecule has 0 fully saturated rings. The number of methoxy groups -OCH3 is 1. The number of hydrogen-bond donors (Lipinski definition) is 2. The summed E-state index contributed by atoms with van der Waals surface area (Å²) in [5.41, 5.74) is 6.74. The maximum atomic E-state index is 12.2. The Labute approximate surface area is 112 Å². The molecule has 1 rings (SSSR count). The van der Waals surface area contributed by atoms with Crippen molar-refractivity contribution in [2.75, 3.05) is 24.9 Å². The number of nitrogens with two attached hydrogens (primary N) is 1. The van der Waals surface area contributed by atoms with Crippen molar-refractivity contribution in [3.63, 3.8) is 0 Å². The molecular formula is C13H20N2O2S. The van der Waals surface area contributed by atoms with E-state index in [2.05, 4.69) is 12.2 Å². The van der Waals surface area contributed by atoms with E-state index in [9.17, 15) is 4.79 Å². The Hall–Kier alpha value is -1.36. The van der Waals surface area contributed by atoms with Gasteiger partial charge in [-0.3, -0.25) is 4.79 Å². The predicted octanol–water partition coefficient (Wildman–Crippen LogP) is 2.15. The highest BCUT2D eigenvalue weighted by molar-refractivity contribution is 7.98. The standard InChI is InChI=1S/C13H20N2O2S/c1-4-10(8-18-3)15-13(16)11-7-9(14)5-6-12(11)17-2/h5-7,10H,4,8,14H2,1-3H3,(H,15,16). The van der Waals surface area contributed by atoms with Crippen molar-refractivity contribution in [3.8, 4) is 5.75 Å². The normalized spacial score (nSPS) is 11.9. The SMILES string of the molecule is CCC(CSC)NC(=O)c1cc(N)ccc1OC. The van der Waals surface area contributed by atoms with E-state index in [4.69, 9.17) is 10.5 Å². The molecule has 0 spiro atoms. The molecule has 3 N–H and O–H groups in total. The average Bonchev–Trinajstić information content (AvgIpc) is 2.38. The van der Waals surface area contributed by atoms with Gasteiger partial charge in [0.15, 0.2) is 0 Å². The molecule has 0 bridgehead atoms. The van der Waals surface area contributed by atoms with E-state index in [1.165, 1.54) is 0 Å². The summed E-state index contributed by atoms with van der Waals surface area (Å²) < 4.78 is 5.18. The number of nitrogen functional groups attached to an aromatic ring is 1. The lowest BCUT2D eigenvalue weighted by Crippen LogP contribution is -2.36.